The zero-order valence-electron chi connectivity index (χ0n) is 13.8. The Bertz CT molecular complexity index is 808. The highest BCUT2D eigenvalue weighted by Crippen LogP contribution is 2.33. The Hall–Kier alpha value is -2.28. The molecule has 0 radical (unpaired) electrons. The Balaban J connectivity index is 2.51. The van der Waals surface area contributed by atoms with Gasteiger partial charge in [-0.1, -0.05) is 12.1 Å². The van der Waals surface area contributed by atoms with Crippen LogP contribution in [0.2, 0.25) is 0 Å². The predicted molar refractivity (Wildman–Crippen MR) is 90.8 cm³/mol. The molecule has 5 nitrogen and oxygen atoms in total. The summed E-state index contributed by atoms with van der Waals surface area (Å²) in [4.78, 5) is -0.144. The van der Waals surface area contributed by atoms with Crippen LogP contribution in [-0.2, 0) is 10.0 Å². The first-order valence-electron chi connectivity index (χ1n) is 7.53. The van der Waals surface area contributed by atoms with Crippen molar-refractivity contribution in [2.24, 2.45) is 0 Å². The monoisotopic (exact) mass is 353 g/mol. The number of ether oxygens (including phenoxy) is 2. The minimum atomic E-state index is -3.93. The van der Waals surface area contributed by atoms with Gasteiger partial charge in [0, 0.05) is 6.54 Å². The van der Waals surface area contributed by atoms with Gasteiger partial charge in [-0.3, -0.25) is 4.31 Å². The summed E-state index contributed by atoms with van der Waals surface area (Å²) in [5, 5.41) is 0. The number of hydrogen-bond acceptors (Lipinski definition) is 4. The summed E-state index contributed by atoms with van der Waals surface area (Å²) in [6, 6.07) is 10.4. The third-order valence-electron chi connectivity index (χ3n) is 3.43. The minimum absolute atomic E-state index is 0.00767. The number of hydrogen-bond donors (Lipinski definition) is 0. The van der Waals surface area contributed by atoms with Crippen LogP contribution in [0.3, 0.4) is 0 Å². The van der Waals surface area contributed by atoms with E-state index in [9.17, 15) is 12.8 Å². The molecule has 0 aliphatic heterocycles. The standard InChI is InChI=1S/C17H20FNO4S/c1-4-19(15-8-6-7-9-17(15)23-5-2)24(20,21)13-10-11-16(22-3)14(18)12-13/h6-12H,4-5H2,1-3H3. The first kappa shape index (κ1) is 18.1. The van der Waals surface area contributed by atoms with Gasteiger partial charge in [-0.25, -0.2) is 12.8 Å². The molecule has 0 aliphatic rings. The molecule has 2 rings (SSSR count). The van der Waals surface area contributed by atoms with E-state index in [-0.39, 0.29) is 17.2 Å². The number of halogens is 1. The number of rotatable bonds is 7. The molecule has 24 heavy (non-hydrogen) atoms. The fourth-order valence-electron chi connectivity index (χ4n) is 2.35. The van der Waals surface area contributed by atoms with Crippen LogP contribution in [-0.4, -0.2) is 28.7 Å². The van der Waals surface area contributed by atoms with Gasteiger partial charge in [0.15, 0.2) is 11.6 Å². The average Bonchev–Trinajstić information content (AvgIpc) is 2.57. The lowest BCUT2D eigenvalue weighted by molar-refractivity contribution is 0.341. The lowest BCUT2D eigenvalue weighted by Crippen LogP contribution is -2.31. The lowest BCUT2D eigenvalue weighted by atomic mass is 10.3. The van der Waals surface area contributed by atoms with E-state index in [1.807, 2.05) is 6.92 Å². The van der Waals surface area contributed by atoms with Gasteiger partial charge in [0.25, 0.3) is 10.0 Å². The molecular formula is C17H20FNO4S. The van der Waals surface area contributed by atoms with E-state index in [2.05, 4.69) is 0 Å². The number of sulfonamides is 1. The summed E-state index contributed by atoms with van der Waals surface area (Å²) < 4.78 is 51.3. The Labute approximate surface area is 141 Å². The molecule has 0 saturated carbocycles. The molecule has 0 saturated heterocycles. The summed E-state index contributed by atoms with van der Waals surface area (Å²) in [6.07, 6.45) is 0. The molecule has 2 aromatic carbocycles. The molecule has 0 N–H and O–H groups in total. The van der Waals surface area contributed by atoms with E-state index >= 15 is 0 Å². The van der Waals surface area contributed by atoms with Crippen molar-refractivity contribution in [3.63, 3.8) is 0 Å². The normalized spacial score (nSPS) is 11.2. The van der Waals surface area contributed by atoms with Gasteiger partial charge < -0.3 is 9.47 Å². The molecule has 7 heteroatoms. The van der Waals surface area contributed by atoms with E-state index in [1.54, 1.807) is 31.2 Å². The second-order valence-corrected chi connectivity index (χ2v) is 6.73. The van der Waals surface area contributed by atoms with Crippen molar-refractivity contribution < 1.29 is 22.3 Å². The maximum atomic E-state index is 13.9. The van der Waals surface area contributed by atoms with Gasteiger partial charge in [0.2, 0.25) is 0 Å². The van der Waals surface area contributed by atoms with Crippen molar-refractivity contribution in [1.82, 2.24) is 0 Å². The van der Waals surface area contributed by atoms with Crippen LogP contribution in [0.4, 0.5) is 10.1 Å². The highest BCUT2D eigenvalue weighted by molar-refractivity contribution is 7.92. The quantitative estimate of drug-likeness (QED) is 0.765. The fraction of sp³-hybridized carbons (Fsp3) is 0.294. The maximum Gasteiger partial charge on any atom is 0.264 e. The zero-order chi connectivity index (χ0) is 17.7. The molecule has 0 spiro atoms. The Morgan fingerprint density at radius 2 is 1.79 bits per heavy atom. The second-order valence-electron chi connectivity index (χ2n) is 4.87. The predicted octanol–water partition coefficient (Wildman–Crippen LogP) is 3.45. The van der Waals surface area contributed by atoms with Crippen LogP contribution in [0, 0.1) is 5.82 Å². The highest BCUT2D eigenvalue weighted by Gasteiger charge is 2.27. The fourth-order valence-corrected chi connectivity index (χ4v) is 3.84. The van der Waals surface area contributed by atoms with Gasteiger partial charge in [0.05, 0.1) is 24.3 Å². The number of para-hydroxylation sites is 2. The molecular weight excluding hydrogens is 333 g/mol. The van der Waals surface area contributed by atoms with E-state index in [1.165, 1.54) is 23.5 Å². The first-order valence-corrected chi connectivity index (χ1v) is 8.97. The number of methoxy groups -OCH3 is 1. The van der Waals surface area contributed by atoms with E-state index in [0.29, 0.717) is 18.0 Å². The van der Waals surface area contributed by atoms with Gasteiger partial charge in [-0.05, 0) is 44.2 Å². The van der Waals surface area contributed by atoms with Crippen molar-refractivity contribution in [1.29, 1.82) is 0 Å². The van der Waals surface area contributed by atoms with Crippen LogP contribution in [0.5, 0.6) is 11.5 Å². The van der Waals surface area contributed by atoms with Crippen LogP contribution in [0.25, 0.3) is 0 Å². The molecule has 130 valence electrons. The number of anilines is 1. The Kier molecular flexibility index (Phi) is 5.66. The second kappa shape index (κ2) is 7.53. The SMILES string of the molecule is CCOc1ccccc1N(CC)S(=O)(=O)c1ccc(OC)c(F)c1. The summed E-state index contributed by atoms with van der Waals surface area (Å²) in [5.41, 5.74) is 0.415. The smallest absolute Gasteiger partial charge is 0.264 e. The molecule has 0 unspecified atom stereocenters. The van der Waals surface area contributed by atoms with Gasteiger partial charge in [0.1, 0.15) is 5.75 Å². The molecule has 0 bridgehead atoms. The van der Waals surface area contributed by atoms with Crippen LogP contribution in [0.15, 0.2) is 47.4 Å². The third kappa shape index (κ3) is 3.46. The van der Waals surface area contributed by atoms with Crippen LogP contribution in [0.1, 0.15) is 13.8 Å². The summed E-state index contributed by atoms with van der Waals surface area (Å²) in [5.74, 6) is -0.279. The molecule has 0 aliphatic carbocycles. The van der Waals surface area contributed by atoms with Crippen molar-refractivity contribution >= 4 is 15.7 Å². The third-order valence-corrected chi connectivity index (χ3v) is 5.32. The largest absolute Gasteiger partial charge is 0.494 e. The average molecular weight is 353 g/mol. The number of benzene rings is 2. The minimum Gasteiger partial charge on any atom is -0.494 e. The van der Waals surface area contributed by atoms with Crippen LogP contribution < -0.4 is 13.8 Å². The Morgan fingerprint density at radius 3 is 2.38 bits per heavy atom. The first-order chi connectivity index (χ1) is 11.5. The van der Waals surface area contributed by atoms with E-state index < -0.39 is 15.8 Å². The molecule has 0 aromatic heterocycles. The van der Waals surface area contributed by atoms with Crippen molar-refractivity contribution in [2.75, 3.05) is 24.6 Å². The van der Waals surface area contributed by atoms with Gasteiger partial charge >= 0.3 is 0 Å². The molecule has 2 aromatic rings. The Morgan fingerprint density at radius 1 is 1.08 bits per heavy atom. The maximum absolute atomic E-state index is 13.9. The molecule has 0 amide bonds. The van der Waals surface area contributed by atoms with Crippen molar-refractivity contribution in [2.45, 2.75) is 18.7 Å². The lowest BCUT2D eigenvalue weighted by Gasteiger charge is -2.25. The zero-order valence-corrected chi connectivity index (χ0v) is 14.6. The number of nitrogens with zero attached hydrogens (tertiary/aromatic N) is 1. The van der Waals surface area contributed by atoms with E-state index in [4.69, 9.17) is 9.47 Å². The van der Waals surface area contributed by atoms with Crippen molar-refractivity contribution in [3.05, 3.63) is 48.3 Å². The highest BCUT2D eigenvalue weighted by atomic mass is 32.2. The molecule has 0 heterocycles. The van der Waals surface area contributed by atoms with E-state index in [0.717, 1.165) is 6.07 Å². The molecule has 0 fully saturated rings. The topological polar surface area (TPSA) is 55.8 Å². The van der Waals surface area contributed by atoms with Crippen LogP contribution >= 0.6 is 0 Å². The summed E-state index contributed by atoms with van der Waals surface area (Å²) in [7, 11) is -2.61. The van der Waals surface area contributed by atoms with Gasteiger partial charge in [-0.15, -0.1) is 0 Å². The summed E-state index contributed by atoms with van der Waals surface area (Å²) in [6.45, 7) is 4.12. The molecule has 0 atom stereocenters. The van der Waals surface area contributed by atoms with Crippen molar-refractivity contribution in [3.8, 4) is 11.5 Å². The van der Waals surface area contributed by atoms with Gasteiger partial charge in [-0.2, -0.15) is 0 Å². The summed E-state index contributed by atoms with van der Waals surface area (Å²) >= 11 is 0.